The summed E-state index contributed by atoms with van der Waals surface area (Å²) in [4.78, 5) is 12.3. The Hall–Kier alpha value is -2.72. The van der Waals surface area contributed by atoms with Gasteiger partial charge in [0.2, 0.25) is 0 Å². The van der Waals surface area contributed by atoms with Crippen molar-refractivity contribution in [1.82, 2.24) is 0 Å². The largest absolute Gasteiger partial charge is 0.451 e. The van der Waals surface area contributed by atoms with E-state index in [1.54, 1.807) is 42.5 Å². The van der Waals surface area contributed by atoms with Crippen LogP contribution in [-0.4, -0.2) is 5.91 Å². The molecule has 116 valence electrons. The van der Waals surface area contributed by atoms with E-state index in [1.807, 2.05) is 19.1 Å². The SMILES string of the molecule is Cc1c(N)cccc1NC(=O)c1ccc(-c2ccc(Cl)cc2)o1. The molecule has 1 amide bonds. The molecule has 0 aliphatic carbocycles. The van der Waals surface area contributed by atoms with Crippen molar-refractivity contribution in [1.29, 1.82) is 0 Å². The topological polar surface area (TPSA) is 68.3 Å². The van der Waals surface area contributed by atoms with Gasteiger partial charge in [-0.3, -0.25) is 4.79 Å². The molecule has 0 bridgehead atoms. The molecule has 1 heterocycles. The van der Waals surface area contributed by atoms with Crippen molar-refractivity contribution in [2.45, 2.75) is 6.92 Å². The maximum absolute atomic E-state index is 12.3. The van der Waals surface area contributed by atoms with Crippen LogP contribution in [0.2, 0.25) is 5.02 Å². The van der Waals surface area contributed by atoms with Gasteiger partial charge in [-0.05, 0) is 61.0 Å². The summed E-state index contributed by atoms with van der Waals surface area (Å²) in [6, 6.07) is 16.0. The lowest BCUT2D eigenvalue weighted by Crippen LogP contribution is -2.12. The average Bonchev–Trinajstić information content (AvgIpc) is 3.02. The molecule has 4 nitrogen and oxygen atoms in total. The van der Waals surface area contributed by atoms with Crippen molar-refractivity contribution in [2.75, 3.05) is 11.1 Å². The zero-order chi connectivity index (χ0) is 16.4. The fourth-order valence-corrected chi connectivity index (χ4v) is 2.33. The van der Waals surface area contributed by atoms with E-state index in [4.69, 9.17) is 21.8 Å². The summed E-state index contributed by atoms with van der Waals surface area (Å²) >= 11 is 5.87. The fraction of sp³-hybridized carbons (Fsp3) is 0.0556. The molecular formula is C18H15ClN2O2. The minimum atomic E-state index is -0.320. The fourth-order valence-electron chi connectivity index (χ4n) is 2.20. The van der Waals surface area contributed by atoms with Gasteiger partial charge in [-0.15, -0.1) is 0 Å². The first-order valence-electron chi connectivity index (χ1n) is 7.07. The molecule has 5 heteroatoms. The van der Waals surface area contributed by atoms with Crippen LogP contribution in [0, 0.1) is 6.92 Å². The molecule has 0 saturated carbocycles. The van der Waals surface area contributed by atoms with Gasteiger partial charge in [0.25, 0.3) is 5.91 Å². The highest BCUT2D eigenvalue weighted by molar-refractivity contribution is 6.30. The molecule has 3 N–H and O–H groups in total. The Morgan fingerprint density at radius 1 is 1.09 bits per heavy atom. The zero-order valence-electron chi connectivity index (χ0n) is 12.5. The smallest absolute Gasteiger partial charge is 0.291 e. The molecule has 3 aromatic rings. The van der Waals surface area contributed by atoms with Gasteiger partial charge in [0.15, 0.2) is 5.76 Å². The van der Waals surface area contributed by atoms with Crippen LogP contribution in [0.5, 0.6) is 0 Å². The third kappa shape index (κ3) is 3.22. The monoisotopic (exact) mass is 326 g/mol. The predicted molar refractivity (Wildman–Crippen MR) is 92.7 cm³/mol. The van der Waals surface area contributed by atoms with E-state index in [0.29, 0.717) is 22.2 Å². The van der Waals surface area contributed by atoms with Crippen LogP contribution in [0.4, 0.5) is 11.4 Å². The molecule has 0 radical (unpaired) electrons. The van der Waals surface area contributed by atoms with Gasteiger partial charge in [0.05, 0.1) is 0 Å². The molecule has 0 aliphatic heterocycles. The van der Waals surface area contributed by atoms with Crippen LogP contribution in [0.15, 0.2) is 59.0 Å². The first-order chi connectivity index (χ1) is 11.0. The highest BCUT2D eigenvalue weighted by Gasteiger charge is 2.14. The van der Waals surface area contributed by atoms with Crippen LogP contribution in [0.25, 0.3) is 11.3 Å². The number of benzene rings is 2. The highest BCUT2D eigenvalue weighted by atomic mass is 35.5. The Labute approximate surface area is 138 Å². The quantitative estimate of drug-likeness (QED) is 0.683. The highest BCUT2D eigenvalue weighted by Crippen LogP contribution is 2.25. The van der Waals surface area contributed by atoms with Crippen molar-refractivity contribution in [2.24, 2.45) is 0 Å². The van der Waals surface area contributed by atoms with Crippen LogP contribution < -0.4 is 11.1 Å². The molecule has 0 atom stereocenters. The van der Waals surface area contributed by atoms with Crippen molar-refractivity contribution in [3.63, 3.8) is 0 Å². The number of nitrogens with two attached hydrogens (primary N) is 1. The number of anilines is 2. The van der Waals surface area contributed by atoms with E-state index in [0.717, 1.165) is 11.1 Å². The summed E-state index contributed by atoms with van der Waals surface area (Å²) in [6.45, 7) is 1.85. The van der Waals surface area contributed by atoms with Crippen molar-refractivity contribution in [3.8, 4) is 11.3 Å². The van der Waals surface area contributed by atoms with Gasteiger partial charge >= 0.3 is 0 Å². The summed E-state index contributed by atoms with van der Waals surface area (Å²) in [6.07, 6.45) is 0. The molecule has 3 rings (SSSR count). The number of carbonyl (C=O) groups excluding carboxylic acids is 1. The maximum atomic E-state index is 12.3. The second kappa shape index (κ2) is 6.18. The summed E-state index contributed by atoms with van der Waals surface area (Å²) in [5.74, 6) is 0.520. The Bertz CT molecular complexity index is 854. The normalized spacial score (nSPS) is 10.5. The van der Waals surface area contributed by atoms with Crippen molar-refractivity contribution in [3.05, 3.63) is 70.9 Å². The zero-order valence-corrected chi connectivity index (χ0v) is 13.2. The Balaban J connectivity index is 1.81. The van der Waals surface area contributed by atoms with E-state index in [2.05, 4.69) is 5.32 Å². The number of rotatable bonds is 3. The van der Waals surface area contributed by atoms with Crippen molar-refractivity contribution >= 4 is 28.9 Å². The average molecular weight is 327 g/mol. The lowest BCUT2D eigenvalue weighted by molar-refractivity contribution is 0.0997. The molecule has 0 unspecified atom stereocenters. The summed E-state index contributed by atoms with van der Waals surface area (Å²) in [5.41, 5.74) is 8.82. The standard InChI is InChI=1S/C18H15ClN2O2/c1-11-14(20)3-2-4-15(11)21-18(22)17-10-9-16(23-17)12-5-7-13(19)8-6-12/h2-10H,20H2,1H3,(H,21,22). The van der Waals surface area contributed by atoms with Crippen LogP contribution in [0.1, 0.15) is 16.1 Å². The number of amides is 1. The molecule has 2 aromatic carbocycles. The first-order valence-corrected chi connectivity index (χ1v) is 7.44. The number of carbonyl (C=O) groups is 1. The third-order valence-corrected chi connectivity index (χ3v) is 3.83. The molecule has 0 fully saturated rings. The predicted octanol–water partition coefficient (Wildman–Crippen LogP) is 4.74. The van der Waals surface area contributed by atoms with Crippen LogP contribution >= 0.6 is 11.6 Å². The van der Waals surface area contributed by atoms with E-state index >= 15 is 0 Å². The Morgan fingerprint density at radius 3 is 2.57 bits per heavy atom. The molecule has 23 heavy (non-hydrogen) atoms. The lowest BCUT2D eigenvalue weighted by Gasteiger charge is -2.08. The molecule has 1 aromatic heterocycles. The first kappa shape index (κ1) is 15.2. The minimum absolute atomic E-state index is 0.233. The maximum Gasteiger partial charge on any atom is 0.291 e. The number of nitrogens with one attached hydrogen (secondary N) is 1. The van der Waals surface area contributed by atoms with Crippen LogP contribution in [0.3, 0.4) is 0 Å². The van der Waals surface area contributed by atoms with Crippen molar-refractivity contribution < 1.29 is 9.21 Å². The summed E-state index contributed by atoms with van der Waals surface area (Å²) in [5, 5.41) is 3.46. The van der Waals surface area contributed by atoms with Gasteiger partial charge < -0.3 is 15.5 Å². The van der Waals surface area contributed by atoms with E-state index < -0.39 is 0 Å². The second-order valence-electron chi connectivity index (χ2n) is 5.14. The summed E-state index contributed by atoms with van der Waals surface area (Å²) < 4.78 is 5.63. The Morgan fingerprint density at radius 2 is 1.83 bits per heavy atom. The molecular weight excluding hydrogens is 312 g/mol. The van der Waals surface area contributed by atoms with Gasteiger partial charge in [-0.1, -0.05) is 17.7 Å². The van der Waals surface area contributed by atoms with Gasteiger partial charge in [0.1, 0.15) is 5.76 Å². The second-order valence-corrected chi connectivity index (χ2v) is 5.58. The molecule has 0 spiro atoms. The van der Waals surface area contributed by atoms with Gasteiger partial charge in [-0.25, -0.2) is 0 Å². The number of hydrogen-bond donors (Lipinski definition) is 2. The minimum Gasteiger partial charge on any atom is -0.451 e. The molecule has 0 saturated heterocycles. The van der Waals surface area contributed by atoms with Gasteiger partial charge in [-0.2, -0.15) is 0 Å². The number of halogens is 1. The molecule has 0 aliphatic rings. The Kier molecular flexibility index (Phi) is 4.08. The van der Waals surface area contributed by atoms with Crippen LogP contribution in [-0.2, 0) is 0 Å². The van der Waals surface area contributed by atoms with Gasteiger partial charge in [0, 0.05) is 22.0 Å². The number of hydrogen-bond acceptors (Lipinski definition) is 3. The lowest BCUT2D eigenvalue weighted by atomic mass is 10.1. The third-order valence-electron chi connectivity index (χ3n) is 3.58. The van der Waals surface area contributed by atoms with E-state index in [-0.39, 0.29) is 11.7 Å². The summed E-state index contributed by atoms with van der Waals surface area (Å²) in [7, 11) is 0. The number of nitrogen functional groups attached to an aromatic ring is 1. The van der Waals surface area contributed by atoms with E-state index in [9.17, 15) is 4.79 Å². The number of furan rings is 1. The van der Waals surface area contributed by atoms with E-state index in [1.165, 1.54) is 0 Å².